The van der Waals surface area contributed by atoms with Crippen LogP contribution >= 0.6 is 0 Å². The summed E-state index contributed by atoms with van der Waals surface area (Å²) >= 11 is 0. The lowest BCUT2D eigenvalue weighted by atomic mass is 9.79. The summed E-state index contributed by atoms with van der Waals surface area (Å²) < 4.78 is 5.47. The molecule has 1 aromatic rings. The third kappa shape index (κ3) is 3.57. The van der Waals surface area contributed by atoms with Gasteiger partial charge in [0.2, 0.25) is 0 Å². The minimum atomic E-state index is 0.155. The summed E-state index contributed by atoms with van der Waals surface area (Å²) in [5.41, 5.74) is 7.59. The van der Waals surface area contributed by atoms with Gasteiger partial charge in [-0.1, -0.05) is 0 Å². The molecule has 0 radical (unpaired) electrons. The molecule has 20 heavy (non-hydrogen) atoms. The summed E-state index contributed by atoms with van der Waals surface area (Å²) in [4.78, 5) is 6.52. The second-order valence-electron chi connectivity index (χ2n) is 5.89. The van der Waals surface area contributed by atoms with Gasteiger partial charge in [-0.15, -0.1) is 0 Å². The second kappa shape index (κ2) is 7.16. The fraction of sp³-hybridized carbons (Fsp3) is 0.688. The molecule has 1 aromatic heterocycles. The highest BCUT2D eigenvalue weighted by Crippen LogP contribution is 2.33. The number of nitrogens with zero attached hydrogens (tertiary/aromatic N) is 2. The molecule has 0 saturated heterocycles. The van der Waals surface area contributed by atoms with E-state index in [-0.39, 0.29) is 5.54 Å². The number of hydrogen-bond donors (Lipinski definition) is 1. The highest BCUT2D eigenvalue weighted by Gasteiger charge is 2.37. The molecule has 0 amide bonds. The predicted octanol–water partition coefficient (Wildman–Crippen LogP) is 1.84. The molecule has 0 spiro atoms. The average molecular weight is 277 g/mol. The number of likely N-dealkylation sites (N-methyl/N-ethyl adjacent to an activating group) is 1. The van der Waals surface area contributed by atoms with E-state index < -0.39 is 0 Å². The van der Waals surface area contributed by atoms with E-state index >= 15 is 0 Å². The molecule has 4 heteroatoms. The van der Waals surface area contributed by atoms with E-state index in [9.17, 15) is 0 Å². The normalized spacial score (nSPS) is 26.9. The van der Waals surface area contributed by atoms with E-state index in [1.807, 2.05) is 19.5 Å². The van der Waals surface area contributed by atoms with Crippen LogP contribution in [0.15, 0.2) is 24.5 Å². The van der Waals surface area contributed by atoms with Crippen LogP contribution in [0, 0.1) is 0 Å². The fourth-order valence-corrected chi connectivity index (χ4v) is 3.19. The Morgan fingerprint density at radius 2 is 2.00 bits per heavy atom. The Morgan fingerprint density at radius 1 is 1.35 bits per heavy atom. The molecule has 2 rings (SSSR count). The molecule has 0 unspecified atom stereocenters. The number of nitrogens with two attached hydrogens (primary N) is 1. The van der Waals surface area contributed by atoms with Crippen molar-refractivity contribution in [1.82, 2.24) is 9.88 Å². The van der Waals surface area contributed by atoms with Gasteiger partial charge in [0.25, 0.3) is 0 Å². The molecule has 2 N–H and O–H groups in total. The first kappa shape index (κ1) is 15.4. The van der Waals surface area contributed by atoms with E-state index in [0.717, 1.165) is 45.2 Å². The van der Waals surface area contributed by atoms with Crippen LogP contribution in [0.5, 0.6) is 0 Å². The summed E-state index contributed by atoms with van der Waals surface area (Å²) in [6, 6.07) is 4.18. The van der Waals surface area contributed by atoms with Crippen molar-refractivity contribution < 1.29 is 4.74 Å². The van der Waals surface area contributed by atoms with E-state index in [4.69, 9.17) is 10.5 Å². The SMILES string of the molecule is COC1CCC(CN)(N(C)CCc2ccncc2)CC1. The summed E-state index contributed by atoms with van der Waals surface area (Å²) in [6.45, 7) is 1.77. The zero-order chi connectivity index (χ0) is 14.4. The minimum absolute atomic E-state index is 0.155. The van der Waals surface area contributed by atoms with E-state index in [0.29, 0.717) is 6.10 Å². The fourth-order valence-electron chi connectivity index (χ4n) is 3.19. The van der Waals surface area contributed by atoms with Crippen molar-refractivity contribution in [2.75, 3.05) is 27.2 Å². The minimum Gasteiger partial charge on any atom is -0.381 e. The maximum atomic E-state index is 6.10. The highest BCUT2D eigenvalue weighted by atomic mass is 16.5. The van der Waals surface area contributed by atoms with Gasteiger partial charge in [-0.05, 0) is 56.8 Å². The summed E-state index contributed by atoms with van der Waals surface area (Å²) in [7, 11) is 4.02. The molecule has 1 heterocycles. The van der Waals surface area contributed by atoms with E-state index in [2.05, 4.69) is 29.1 Å². The van der Waals surface area contributed by atoms with Crippen LogP contribution in [-0.2, 0) is 11.2 Å². The van der Waals surface area contributed by atoms with Crippen molar-refractivity contribution in [3.05, 3.63) is 30.1 Å². The van der Waals surface area contributed by atoms with Crippen LogP contribution in [-0.4, -0.2) is 48.8 Å². The predicted molar refractivity (Wildman–Crippen MR) is 81.6 cm³/mol. The topological polar surface area (TPSA) is 51.4 Å². The van der Waals surface area contributed by atoms with Gasteiger partial charge in [0, 0.05) is 38.1 Å². The van der Waals surface area contributed by atoms with Crippen LogP contribution in [0.4, 0.5) is 0 Å². The van der Waals surface area contributed by atoms with Gasteiger partial charge in [0.15, 0.2) is 0 Å². The van der Waals surface area contributed by atoms with Gasteiger partial charge in [-0.3, -0.25) is 9.88 Å². The van der Waals surface area contributed by atoms with Gasteiger partial charge >= 0.3 is 0 Å². The molecule has 1 aliphatic carbocycles. The molecular weight excluding hydrogens is 250 g/mol. The molecule has 112 valence electrons. The van der Waals surface area contributed by atoms with Gasteiger partial charge < -0.3 is 10.5 Å². The lowest BCUT2D eigenvalue weighted by molar-refractivity contribution is 0.00385. The second-order valence-corrected chi connectivity index (χ2v) is 5.89. The quantitative estimate of drug-likeness (QED) is 0.862. The standard InChI is InChI=1S/C16H27N3O/c1-19(12-7-14-5-10-18-11-6-14)16(13-17)8-3-15(20-2)4-9-16/h5-6,10-11,15H,3-4,7-9,12-13,17H2,1-2H3. The Labute approximate surface area is 122 Å². The highest BCUT2D eigenvalue weighted by molar-refractivity contribution is 5.10. The summed E-state index contributed by atoms with van der Waals surface area (Å²) in [5, 5.41) is 0. The Balaban J connectivity index is 1.90. The van der Waals surface area contributed by atoms with Crippen molar-refractivity contribution in [2.24, 2.45) is 5.73 Å². The molecule has 0 atom stereocenters. The van der Waals surface area contributed by atoms with Crippen molar-refractivity contribution >= 4 is 0 Å². The zero-order valence-corrected chi connectivity index (χ0v) is 12.7. The smallest absolute Gasteiger partial charge is 0.0572 e. The van der Waals surface area contributed by atoms with Crippen molar-refractivity contribution in [1.29, 1.82) is 0 Å². The van der Waals surface area contributed by atoms with Crippen LogP contribution in [0.25, 0.3) is 0 Å². The molecular formula is C16H27N3O. The Morgan fingerprint density at radius 3 is 2.55 bits per heavy atom. The number of methoxy groups -OCH3 is 1. The summed E-state index contributed by atoms with van der Waals surface area (Å²) in [6.07, 6.45) is 9.69. The monoisotopic (exact) mass is 277 g/mol. The number of pyridine rings is 1. The first-order valence-electron chi connectivity index (χ1n) is 7.53. The number of ether oxygens (including phenoxy) is 1. The van der Waals surface area contributed by atoms with Gasteiger partial charge in [0.1, 0.15) is 0 Å². The van der Waals surface area contributed by atoms with Gasteiger partial charge in [0.05, 0.1) is 6.10 Å². The van der Waals surface area contributed by atoms with E-state index in [1.165, 1.54) is 5.56 Å². The lowest BCUT2D eigenvalue weighted by Gasteiger charge is -2.45. The molecule has 4 nitrogen and oxygen atoms in total. The number of rotatable bonds is 6. The lowest BCUT2D eigenvalue weighted by Crippen LogP contribution is -2.55. The van der Waals surface area contributed by atoms with Crippen molar-refractivity contribution in [3.8, 4) is 0 Å². The van der Waals surface area contributed by atoms with Crippen LogP contribution in [0.1, 0.15) is 31.2 Å². The third-order valence-corrected chi connectivity index (χ3v) is 4.87. The molecule has 0 bridgehead atoms. The first-order valence-corrected chi connectivity index (χ1v) is 7.53. The van der Waals surface area contributed by atoms with Crippen LogP contribution < -0.4 is 5.73 Å². The largest absolute Gasteiger partial charge is 0.381 e. The average Bonchev–Trinajstić information content (AvgIpc) is 2.53. The van der Waals surface area contributed by atoms with Crippen molar-refractivity contribution in [2.45, 2.75) is 43.7 Å². The Hall–Kier alpha value is -0.970. The van der Waals surface area contributed by atoms with Gasteiger partial charge in [-0.2, -0.15) is 0 Å². The first-order chi connectivity index (χ1) is 9.70. The van der Waals surface area contributed by atoms with E-state index in [1.54, 1.807) is 0 Å². The number of aromatic nitrogens is 1. The van der Waals surface area contributed by atoms with Crippen LogP contribution in [0.3, 0.4) is 0 Å². The Bertz CT molecular complexity index is 388. The zero-order valence-electron chi connectivity index (χ0n) is 12.7. The third-order valence-electron chi connectivity index (χ3n) is 4.87. The molecule has 1 saturated carbocycles. The molecule has 1 fully saturated rings. The van der Waals surface area contributed by atoms with Crippen molar-refractivity contribution in [3.63, 3.8) is 0 Å². The maximum absolute atomic E-state index is 6.10. The summed E-state index contributed by atoms with van der Waals surface area (Å²) in [5.74, 6) is 0. The maximum Gasteiger partial charge on any atom is 0.0572 e. The Kier molecular flexibility index (Phi) is 5.52. The van der Waals surface area contributed by atoms with Crippen LogP contribution in [0.2, 0.25) is 0 Å². The molecule has 1 aliphatic rings. The van der Waals surface area contributed by atoms with Gasteiger partial charge in [-0.25, -0.2) is 0 Å². The molecule has 0 aromatic carbocycles. The molecule has 0 aliphatic heterocycles. The number of hydrogen-bond acceptors (Lipinski definition) is 4.